The van der Waals surface area contributed by atoms with Gasteiger partial charge in [-0.2, -0.15) is 0 Å². The third-order valence-corrected chi connectivity index (χ3v) is 6.98. The average molecular weight is 445 g/mol. The third kappa shape index (κ3) is 4.08. The molecule has 0 spiro atoms. The molecule has 1 amide bonds. The monoisotopic (exact) mass is 444 g/mol. The zero-order chi connectivity index (χ0) is 22.1. The molecular weight excluding hydrogens is 420 g/mol. The van der Waals surface area contributed by atoms with Gasteiger partial charge in [-0.25, -0.2) is 9.97 Å². The molecule has 1 aliphatic rings. The summed E-state index contributed by atoms with van der Waals surface area (Å²) in [7, 11) is -1.24. The number of nitrogens with zero attached hydrogens (tertiary/aromatic N) is 3. The van der Waals surface area contributed by atoms with Gasteiger partial charge in [0.15, 0.2) is 10.7 Å². The molecule has 2 heterocycles. The number of benzene rings is 2. The van der Waals surface area contributed by atoms with Crippen molar-refractivity contribution >= 4 is 22.4 Å². The van der Waals surface area contributed by atoms with Gasteiger partial charge in [-0.3, -0.25) is 13.4 Å². The Morgan fingerprint density at radius 2 is 1.84 bits per heavy atom. The number of amides is 1. The van der Waals surface area contributed by atoms with Gasteiger partial charge in [0.25, 0.3) is 5.91 Å². The molecule has 1 saturated carbocycles. The van der Waals surface area contributed by atoms with Gasteiger partial charge in [0, 0.05) is 34.7 Å². The molecule has 1 N–H and O–H groups in total. The molecule has 1 aliphatic carbocycles. The van der Waals surface area contributed by atoms with E-state index in [9.17, 15) is 9.00 Å². The van der Waals surface area contributed by atoms with Gasteiger partial charge >= 0.3 is 0 Å². The van der Waals surface area contributed by atoms with Gasteiger partial charge in [-0.1, -0.05) is 49.4 Å². The first-order chi connectivity index (χ1) is 15.6. The summed E-state index contributed by atoms with van der Waals surface area (Å²) in [6.45, 7) is 2.01. The Morgan fingerprint density at radius 3 is 2.53 bits per heavy atom. The lowest BCUT2D eigenvalue weighted by Gasteiger charge is -2.10. The van der Waals surface area contributed by atoms with Crippen LogP contribution in [-0.4, -0.2) is 36.3 Å². The second-order valence-electron chi connectivity index (χ2n) is 8.01. The zero-order valence-electron chi connectivity index (χ0n) is 17.8. The summed E-state index contributed by atoms with van der Waals surface area (Å²) in [5, 5.41) is 3.51. The lowest BCUT2D eigenvalue weighted by molar-refractivity contribution is 0.0951. The van der Waals surface area contributed by atoms with Crippen LogP contribution in [0.3, 0.4) is 0 Å². The van der Waals surface area contributed by atoms with Crippen molar-refractivity contribution in [3.8, 4) is 22.5 Å². The molecular formula is C25H24N4O2S. The summed E-state index contributed by atoms with van der Waals surface area (Å²) >= 11 is 0. The third-order valence-electron chi connectivity index (χ3n) is 5.49. The molecule has 1 atom stereocenters. The van der Waals surface area contributed by atoms with Crippen molar-refractivity contribution in [2.75, 3.05) is 5.75 Å². The molecule has 1 fully saturated rings. The lowest BCUT2D eigenvalue weighted by Crippen LogP contribution is -2.25. The van der Waals surface area contributed by atoms with Crippen LogP contribution in [0.15, 0.2) is 72.0 Å². The second kappa shape index (κ2) is 8.67. The van der Waals surface area contributed by atoms with Crippen molar-refractivity contribution in [2.45, 2.75) is 37.3 Å². The van der Waals surface area contributed by atoms with E-state index in [4.69, 9.17) is 4.98 Å². The molecule has 6 nitrogen and oxygen atoms in total. The van der Waals surface area contributed by atoms with Crippen molar-refractivity contribution in [2.24, 2.45) is 0 Å². The number of aromatic nitrogens is 3. The predicted molar refractivity (Wildman–Crippen MR) is 126 cm³/mol. The summed E-state index contributed by atoms with van der Waals surface area (Å²) in [5.41, 5.74) is 4.74. The van der Waals surface area contributed by atoms with Gasteiger partial charge in [0.05, 0.1) is 28.4 Å². The Kier molecular flexibility index (Phi) is 5.57. The largest absolute Gasteiger partial charge is 0.349 e. The molecule has 5 rings (SSSR count). The van der Waals surface area contributed by atoms with Crippen LogP contribution in [0.4, 0.5) is 0 Å². The van der Waals surface area contributed by atoms with Crippen molar-refractivity contribution < 1.29 is 9.00 Å². The van der Waals surface area contributed by atoms with Gasteiger partial charge < -0.3 is 5.32 Å². The van der Waals surface area contributed by atoms with Crippen molar-refractivity contribution in [1.29, 1.82) is 0 Å². The highest BCUT2D eigenvalue weighted by Crippen LogP contribution is 2.27. The number of carbonyl (C=O) groups is 1. The minimum absolute atomic E-state index is 0.0370. The Bertz CT molecular complexity index is 1300. The summed E-state index contributed by atoms with van der Waals surface area (Å²) in [6.07, 6.45) is 6.63. The van der Waals surface area contributed by atoms with Gasteiger partial charge in [0.2, 0.25) is 0 Å². The number of hydrogen-bond donors (Lipinski definition) is 1. The van der Waals surface area contributed by atoms with Crippen LogP contribution < -0.4 is 5.32 Å². The molecule has 0 radical (unpaired) electrons. The number of fused-ring (bicyclic) bond motifs is 1. The molecule has 0 bridgehead atoms. The van der Waals surface area contributed by atoms with E-state index in [0.29, 0.717) is 28.0 Å². The Labute approximate surface area is 189 Å². The van der Waals surface area contributed by atoms with Crippen molar-refractivity contribution in [3.63, 3.8) is 0 Å². The van der Waals surface area contributed by atoms with E-state index < -0.39 is 10.8 Å². The smallest absolute Gasteiger partial charge is 0.251 e. The van der Waals surface area contributed by atoms with Crippen molar-refractivity contribution in [3.05, 3.63) is 72.6 Å². The van der Waals surface area contributed by atoms with Crippen LogP contribution in [0.5, 0.6) is 0 Å². The maximum atomic E-state index is 13.0. The maximum Gasteiger partial charge on any atom is 0.251 e. The highest BCUT2D eigenvalue weighted by molar-refractivity contribution is 7.85. The number of imidazole rings is 1. The van der Waals surface area contributed by atoms with Crippen LogP contribution in [0.25, 0.3) is 28.2 Å². The van der Waals surface area contributed by atoms with Gasteiger partial charge in [-0.05, 0) is 31.4 Å². The van der Waals surface area contributed by atoms with Crippen LogP contribution in [0.1, 0.15) is 36.5 Å². The Hall–Kier alpha value is -3.32. The molecule has 32 heavy (non-hydrogen) atoms. The fraction of sp³-hybridized carbons (Fsp3) is 0.240. The molecule has 7 heteroatoms. The minimum Gasteiger partial charge on any atom is -0.349 e. The molecule has 0 saturated heterocycles. The van der Waals surface area contributed by atoms with Gasteiger partial charge in [0.1, 0.15) is 0 Å². The Balaban J connectivity index is 1.58. The van der Waals surface area contributed by atoms with E-state index in [1.807, 2.05) is 72.1 Å². The number of rotatable bonds is 7. The fourth-order valence-electron chi connectivity index (χ4n) is 3.65. The maximum absolute atomic E-state index is 13.0. The first-order valence-electron chi connectivity index (χ1n) is 10.9. The predicted octanol–water partition coefficient (Wildman–Crippen LogP) is 4.47. The topological polar surface area (TPSA) is 76.4 Å². The Morgan fingerprint density at radius 1 is 1.09 bits per heavy atom. The van der Waals surface area contributed by atoms with E-state index >= 15 is 0 Å². The lowest BCUT2D eigenvalue weighted by atomic mass is 10.1. The fourth-order valence-corrected chi connectivity index (χ4v) is 4.76. The molecule has 4 aromatic rings. The van der Waals surface area contributed by atoms with Crippen LogP contribution in [-0.2, 0) is 10.8 Å². The normalized spacial score (nSPS) is 14.4. The molecule has 0 aliphatic heterocycles. The van der Waals surface area contributed by atoms with E-state index in [2.05, 4.69) is 10.3 Å². The van der Waals surface area contributed by atoms with Crippen molar-refractivity contribution in [1.82, 2.24) is 19.7 Å². The summed E-state index contributed by atoms with van der Waals surface area (Å²) in [5.74, 6) is 0.499. The second-order valence-corrected chi connectivity index (χ2v) is 9.50. The molecule has 0 unspecified atom stereocenters. The quantitative estimate of drug-likeness (QED) is 0.456. The van der Waals surface area contributed by atoms with Crippen LogP contribution >= 0.6 is 0 Å². The van der Waals surface area contributed by atoms with E-state index in [1.54, 1.807) is 6.20 Å². The highest BCUT2D eigenvalue weighted by Gasteiger charge is 2.24. The molecule has 2 aromatic carbocycles. The highest BCUT2D eigenvalue weighted by atomic mass is 32.2. The van der Waals surface area contributed by atoms with Crippen LogP contribution in [0, 0.1) is 0 Å². The molecule has 2 aromatic heterocycles. The SMILES string of the molecule is CCC[S@@](=O)c1nc(-c2ccccc2)cn2c(-c3ccc(C(=O)NC4CC4)cc3)cnc12. The zero-order valence-corrected chi connectivity index (χ0v) is 18.6. The first-order valence-corrected chi connectivity index (χ1v) is 12.2. The number of carbonyl (C=O) groups excluding carboxylic acids is 1. The van der Waals surface area contributed by atoms with E-state index in [0.717, 1.165) is 41.8 Å². The number of nitrogens with one attached hydrogen (secondary N) is 1. The first kappa shape index (κ1) is 20.6. The van der Waals surface area contributed by atoms with E-state index in [-0.39, 0.29) is 5.91 Å². The summed E-state index contributed by atoms with van der Waals surface area (Å²) in [6, 6.07) is 17.7. The summed E-state index contributed by atoms with van der Waals surface area (Å²) in [4.78, 5) is 21.6. The number of hydrogen-bond acceptors (Lipinski definition) is 4. The minimum atomic E-state index is -1.24. The van der Waals surface area contributed by atoms with E-state index in [1.165, 1.54) is 0 Å². The van der Waals surface area contributed by atoms with Crippen LogP contribution in [0.2, 0.25) is 0 Å². The molecule has 162 valence electrons. The van der Waals surface area contributed by atoms with Gasteiger partial charge in [-0.15, -0.1) is 0 Å². The average Bonchev–Trinajstić information content (AvgIpc) is 3.54. The standard InChI is InChI=1S/C25H24N4O2S/c1-2-14-32(31)25-23-26-15-22(29(23)16-21(28-25)17-6-4-3-5-7-17)18-8-10-19(11-9-18)24(30)27-20-12-13-20/h3-11,15-16,20H,2,12-14H2,1H3,(H,27,30)/t32-/m1/s1. The summed E-state index contributed by atoms with van der Waals surface area (Å²) < 4.78 is 14.9.